The molecule has 1 aromatic rings. The second-order valence-corrected chi connectivity index (χ2v) is 12.0. The molecule has 102 valence electrons. The van der Waals surface area contributed by atoms with Gasteiger partial charge in [0.15, 0.2) is 0 Å². The number of hydrogen-bond acceptors (Lipinski definition) is 2. The summed E-state index contributed by atoms with van der Waals surface area (Å²) in [5.74, 6) is 0.922. The maximum Gasteiger partial charge on any atom is 0.250 e. The van der Waals surface area contributed by atoms with E-state index in [0.717, 1.165) is 15.8 Å². The van der Waals surface area contributed by atoms with Crippen molar-refractivity contribution in [3.63, 3.8) is 0 Å². The van der Waals surface area contributed by atoms with Crippen LogP contribution in [0.3, 0.4) is 0 Å². The lowest BCUT2D eigenvalue weighted by atomic mass is 10.1. The van der Waals surface area contributed by atoms with Crippen LogP contribution in [0.15, 0.2) is 22.7 Å². The highest BCUT2D eigenvalue weighted by Crippen LogP contribution is 2.39. The molecule has 0 heterocycles. The predicted octanol–water partition coefficient (Wildman–Crippen LogP) is 4.85. The average Bonchev–Trinajstić information content (AvgIpc) is 2.14. The summed E-state index contributed by atoms with van der Waals surface area (Å²) >= 11 is 3.50. The second-order valence-electron chi connectivity index (χ2n) is 6.33. The number of nitrogens with two attached hydrogens (primary N) is 1. The molecule has 1 atom stereocenters. The number of rotatable bonds is 3. The van der Waals surface area contributed by atoms with Gasteiger partial charge in [0.05, 0.1) is 0 Å². The lowest BCUT2D eigenvalue weighted by molar-refractivity contribution is 0.483. The van der Waals surface area contributed by atoms with E-state index in [1.54, 1.807) is 0 Å². The van der Waals surface area contributed by atoms with E-state index in [9.17, 15) is 0 Å². The van der Waals surface area contributed by atoms with Crippen LogP contribution < -0.4 is 10.2 Å². The quantitative estimate of drug-likeness (QED) is 0.804. The molecule has 0 fully saturated rings. The van der Waals surface area contributed by atoms with Crippen LogP contribution in [0.4, 0.5) is 0 Å². The first-order valence-electron chi connectivity index (χ1n) is 6.28. The third kappa shape index (κ3) is 3.59. The van der Waals surface area contributed by atoms with Gasteiger partial charge in [-0.25, -0.2) is 0 Å². The Hall–Kier alpha value is -0.323. The van der Waals surface area contributed by atoms with Crippen LogP contribution in [0.5, 0.6) is 5.75 Å². The Kier molecular flexibility index (Phi) is 4.68. The van der Waals surface area contributed by atoms with Gasteiger partial charge < -0.3 is 10.2 Å². The van der Waals surface area contributed by atoms with Crippen molar-refractivity contribution < 1.29 is 4.43 Å². The van der Waals surface area contributed by atoms with E-state index in [1.165, 1.54) is 0 Å². The number of benzene rings is 1. The summed E-state index contributed by atoms with van der Waals surface area (Å²) in [4.78, 5) is 0. The number of hydrogen-bond donors (Lipinski definition) is 1. The van der Waals surface area contributed by atoms with E-state index in [-0.39, 0.29) is 11.1 Å². The van der Waals surface area contributed by atoms with E-state index in [1.807, 2.05) is 25.1 Å². The summed E-state index contributed by atoms with van der Waals surface area (Å²) in [6.45, 7) is 13.2. The highest BCUT2D eigenvalue weighted by Gasteiger charge is 2.39. The molecule has 0 aliphatic rings. The maximum absolute atomic E-state index is 6.37. The van der Waals surface area contributed by atoms with E-state index in [2.05, 4.69) is 49.8 Å². The molecule has 0 radical (unpaired) electrons. The van der Waals surface area contributed by atoms with E-state index >= 15 is 0 Å². The molecular weight excluding hydrogens is 306 g/mol. The minimum absolute atomic E-state index is 0.0159. The van der Waals surface area contributed by atoms with Crippen molar-refractivity contribution in [2.24, 2.45) is 5.73 Å². The lowest BCUT2D eigenvalue weighted by Crippen LogP contribution is -2.44. The van der Waals surface area contributed by atoms with Crippen LogP contribution in [0, 0.1) is 0 Å². The van der Waals surface area contributed by atoms with Crippen molar-refractivity contribution in [3.8, 4) is 5.75 Å². The smallest absolute Gasteiger partial charge is 0.250 e. The molecule has 0 saturated carbocycles. The molecule has 0 aliphatic heterocycles. The van der Waals surface area contributed by atoms with E-state index < -0.39 is 8.32 Å². The standard InChI is InChI=1S/C14H24BrNOSi/c1-10(16)12-8-7-11(15)9-13(12)17-18(5,6)14(2,3)4/h7-10H,16H2,1-6H3/t10-/m0/s1. The van der Waals surface area contributed by atoms with Gasteiger partial charge in [0.1, 0.15) is 5.75 Å². The normalized spacial score (nSPS) is 14.4. The average molecular weight is 330 g/mol. The molecular formula is C14H24BrNOSi. The molecule has 0 bridgehead atoms. The van der Waals surface area contributed by atoms with Crippen LogP contribution in [-0.2, 0) is 0 Å². The van der Waals surface area contributed by atoms with Gasteiger partial charge in [0.2, 0.25) is 8.32 Å². The van der Waals surface area contributed by atoms with Crippen LogP contribution in [-0.4, -0.2) is 8.32 Å². The molecule has 2 nitrogen and oxygen atoms in total. The zero-order valence-corrected chi connectivity index (χ0v) is 14.8. The third-order valence-electron chi connectivity index (χ3n) is 3.64. The van der Waals surface area contributed by atoms with Crippen LogP contribution >= 0.6 is 15.9 Å². The fourth-order valence-corrected chi connectivity index (χ4v) is 2.77. The summed E-state index contributed by atoms with van der Waals surface area (Å²) in [6.07, 6.45) is 0. The van der Waals surface area contributed by atoms with Crippen molar-refractivity contribution in [1.82, 2.24) is 0 Å². The zero-order valence-electron chi connectivity index (χ0n) is 12.2. The first-order valence-corrected chi connectivity index (χ1v) is 9.99. The van der Waals surface area contributed by atoms with Crippen molar-refractivity contribution in [2.75, 3.05) is 0 Å². The highest BCUT2D eigenvalue weighted by molar-refractivity contribution is 9.10. The van der Waals surface area contributed by atoms with Crippen LogP contribution in [0.25, 0.3) is 0 Å². The molecule has 0 aromatic heterocycles. The topological polar surface area (TPSA) is 35.2 Å². The van der Waals surface area contributed by atoms with Crippen LogP contribution in [0.2, 0.25) is 18.1 Å². The molecule has 1 rings (SSSR count). The third-order valence-corrected chi connectivity index (χ3v) is 8.47. The molecule has 1 aromatic carbocycles. The monoisotopic (exact) mass is 329 g/mol. The maximum atomic E-state index is 6.37. The molecule has 0 unspecified atom stereocenters. The van der Waals surface area contributed by atoms with Gasteiger partial charge in [0, 0.05) is 16.1 Å². The molecule has 0 aliphatic carbocycles. The van der Waals surface area contributed by atoms with Gasteiger partial charge in [0.25, 0.3) is 0 Å². The first kappa shape index (κ1) is 15.7. The minimum Gasteiger partial charge on any atom is -0.543 e. The summed E-state index contributed by atoms with van der Waals surface area (Å²) in [5.41, 5.74) is 7.08. The Balaban J connectivity index is 3.14. The minimum atomic E-state index is -1.82. The Morgan fingerprint density at radius 1 is 1.28 bits per heavy atom. The van der Waals surface area contributed by atoms with Crippen molar-refractivity contribution in [2.45, 2.75) is 51.9 Å². The highest BCUT2D eigenvalue weighted by atomic mass is 79.9. The van der Waals surface area contributed by atoms with E-state index in [0.29, 0.717) is 0 Å². The first-order chi connectivity index (χ1) is 8.04. The molecule has 4 heteroatoms. The molecule has 2 N–H and O–H groups in total. The summed E-state index contributed by atoms with van der Waals surface area (Å²) in [6, 6.07) is 6.06. The fraction of sp³-hybridized carbons (Fsp3) is 0.571. The van der Waals surface area contributed by atoms with Gasteiger partial charge in [-0.1, -0.05) is 42.8 Å². The van der Waals surface area contributed by atoms with Crippen molar-refractivity contribution >= 4 is 24.2 Å². The number of halogens is 1. The lowest BCUT2D eigenvalue weighted by Gasteiger charge is -2.37. The summed E-state index contributed by atoms with van der Waals surface area (Å²) < 4.78 is 7.40. The predicted molar refractivity (Wildman–Crippen MR) is 84.6 cm³/mol. The largest absolute Gasteiger partial charge is 0.543 e. The van der Waals surface area contributed by atoms with E-state index in [4.69, 9.17) is 10.2 Å². The molecule has 0 spiro atoms. The van der Waals surface area contributed by atoms with Gasteiger partial charge >= 0.3 is 0 Å². The Morgan fingerprint density at radius 2 is 1.83 bits per heavy atom. The Labute approximate surface area is 120 Å². The molecule has 0 amide bonds. The summed E-state index contributed by atoms with van der Waals surface area (Å²) in [7, 11) is -1.82. The van der Waals surface area contributed by atoms with Gasteiger partial charge in [-0.15, -0.1) is 0 Å². The molecule has 0 saturated heterocycles. The fourth-order valence-electron chi connectivity index (χ4n) is 1.40. The Morgan fingerprint density at radius 3 is 2.28 bits per heavy atom. The van der Waals surface area contributed by atoms with Gasteiger partial charge in [-0.2, -0.15) is 0 Å². The van der Waals surface area contributed by atoms with Crippen molar-refractivity contribution in [3.05, 3.63) is 28.2 Å². The SMILES string of the molecule is C[C@H](N)c1ccc(Br)cc1O[Si](C)(C)C(C)(C)C. The molecule has 18 heavy (non-hydrogen) atoms. The van der Waals surface area contributed by atoms with Crippen molar-refractivity contribution in [1.29, 1.82) is 0 Å². The van der Waals surface area contributed by atoms with Crippen LogP contribution in [0.1, 0.15) is 39.3 Å². The van der Waals surface area contributed by atoms with Gasteiger partial charge in [-0.3, -0.25) is 0 Å². The Bertz CT molecular complexity index is 424. The second kappa shape index (κ2) is 5.35. The zero-order chi connectivity index (χ0) is 14.1. The summed E-state index contributed by atoms with van der Waals surface area (Å²) in [5, 5.41) is 0.185. The van der Waals surface area contributed by atoms with Gasteiger partial charge in [-0.05, 0) is 37.2 Å².